The van der Waals surface area contributed by atoms with E-state index in [4.69, 9.17) is 23.2 Å². The molecule has 0 amide bonds. The van der Waals surface area contributed by atoms with E-state index in [0.717, 1.165) is 82.9 Å². The van der Waals surface area contributed by atoms with E-state index in [1.54, 1.807) is 14.1 Å². The topological polar surface area (TPSA) is 107 Å². The second kappa shape index (κ2) is 19.5. The van der Waals surface area contributed by atoms with E-state index >= 15 is 0 Å². The van der Waals surface area contributed by atoms with Crippen molar-refractivity contribution in [3.05, 3.63) is 102 Å². The van der Waals surface area contributed by atoms with Gasteiger partial charge in [-0.3, -0.25) is 9.59 Å². The van der Waals surface area contributed by atoms with E-state index in [9.17, 15) is 9.59 Å². The maximum Gasteiger partial charge on any atom is 0.271 e. The molecule has 0 aliphatic carbocycles. The molecule has 0 spiro atoms. The molecule has 0 radical (unpaired) electrons. The van der Waals surface area contributed by atoms with Crippen LogP contribution >= 0.6 is 23.2 Å². The molecule has 12 nitrogen and oxygen atoms in total. The number of nitrogens with zero attached hydrogens (tertiary/aromatic N) is 8. The van der Waals surface area contributed by atoms with Gasteiger partial charge in [-0.25, -0.2) is 9.36 Å². The Kier molecular flexibility index (Phi) is 15.4. The Morgan fingerprint density at radius 1 is 0.630 bits per heavy atom. The van der Waals surface area contributed by atoms with Crippen LogP contribution in [0.5, 0.6) is 0 Å². The van der Waals surface area contributed by atoms with Crippen molar-refractivity contribution in [3.8, 4) is 0 Å². The molecule has 6 rings (SSSR count). The fourth-order valence-electron chi connectivity index (χ4n) is 6.97. The van der Waals surface area contributed by atoms with Gasteiger partial charge in [0.05, 0.1) is 0 Å². The van der Waals surface area contributed by atoms with Crippen LogP contribution in [0.3, 0.4) is 0 Å². The maximum atomic E-state index is 12.7. The molecular weight excluding hydrogens is 723 g/mol. The summed E-state index contributed by atoms with van der Waals surface area (Å²) in [5.74, 6) is 1.63. The molecule has 0 fully saturated rings. The predicted molar refractivity (Wildman–Crippen MR) is 226 cm³/mol. The van der Waals surface area contributed by atoms with Crippen LogP contribution in [0, 0.1) is 0 Å². The SMILES string of the molecule is CC.CC(CN(C)C)Nc1nn(C)c(=O)c2c1CCN(c1ccc(Cl)cc1)C2.CC(CN(C)C)Nc1nn(C)c(=O)c2c1CN(c1ccc(Cl)cc1)CC2. The second-order valence-electron chi connectivity index (χ2n) is 14.4. The normalized spacial score (nSPS) is 14.6. The number of benzene rings is 2. The summed E-state index contributed by atoms with van der Waals surface area (Å²) in [7, 11) is 11.6. The van der Waals surface area contributed by atoms with Crippen molar-refractivity contribution in [1.82, 2.24) is 29.4 Å². The summed E-state index contributed by atoms with van der Waals surface area (Å²) in [5.41, 5.74) is 5.90. The molecule has 0 saturated carbocycles. The van der Waals surface area contributed by atoms with Gasteiger partial charge in [0.2, 0.25) is 0 Å². The van der Waals surface area contributed by atoms with Gasteiger partial charge in [0.15, 0.2) is 11.6 Å². The molecule has 0 saturated heterocycles. The van der Waals surface area contributed by atoms with Gasteiger partial charge in [-0.05, 0) is 103 Å². The highest BCUT2D eigenvalue weighted by Crippen LogP contribution is 2.29. The van der Waals surface area contributed by atoms with Crippen LogP contribution in [0.4, 0.5) is 23.0 Å². The van der Waals surface area contributed by atoms with Crippen LogP contribution in [0.25, 0.3) is 0 Å². The van der Waals surface area contributed by atoms with Crippen molar-refractivity contribution >= 4 is 46.2 Å². The molecule has 2 aliphatic rings. The summed E-state index contributed by atoms with van der Waals surface area (Å²) in [5, 5.41) is 17.4. The molecule has 4 aromatic rings. The molecule has 2 aromatic carbocycles. The van der Waals surface area contributed by atoms with Gasteiger partial charge in [-0.1, -0.05) is 37.0 Å². The fourth-order valence-corrected chi connectivity index (χ4v) is 7.22. The third kappa shape index (κ3) is 11.0. The zero-order chi connectivity index (χ0) is 39.7. The molecule has 294 valence electrons. The number of fused-ring (bicyclic) bond motifs is 2. The average Bonchev–Trinajstić information content (AvgIpc) is 3.13. The largest absolute Gasteiger partial charge is 0.367 e. The van der Waals surface area contributed by atoms with E-state index in [0.29, 0.717) is 24.5 Å². The van der Waals surface area contributed by atoms with Crippen LogP contribution in [-0.2, 0) is 40.0 Å². The number of hydrogen-bond donors (Lipinski definition) is 2. The second-order valence-corrected chi connectivity index (χ2v) is 15.3. The number of hydrogen-bond acceptors (Lipinski definition) is 10. The first-order valence-electron chi connectivity index (χ1n) is 18.7. The molecule has 54 heavy (non-hydrogen) atoms. The number of nitrogens with one attached hydrogen (secondary N) is 2. The number of aromatic nitrogens is 4. The van der Waals surface area contributed by atoms with Gasteiger partial charge >= 0.3 is 0 Å². The quantitative estimate of drug-likeness (QED) is 0.207. The lowest BCUT2D eigenvalue weighted by Gasteiger charge is -2.32. The number of rotatable bonds is 10. The Hall–Kier alpha value is -4.10. The molecule has 14 heteroatoms. The fraction of sp³-hybridized carbons (Fsp3) is 0.500. The Balaban J connectivity index is 0.000000230. The summed E-state index contributed by atoms with van der Waals surface area (Å²) in [6, 6.07) is 16.1. The molecule has 0 bridgehead atoms. The van der Waals surface area contributed by atoms with E-state index in [1.807, 2.05) is 90.6 Å². The number of anilines is 4. The Morgan fingerprint density at radius 3 is 1.43 bits per heavy atom. The molecule has 2 aliphatic heterocycles. The number of aryl methyl sites for hydroxylation is 2. The summed E-state index contributed by atoms with van der Waals surface area (Å²) < 4.78 is 2.89. The highest BCUT2D eigenvalue weighted by atomic mass is 35.5. The smallest absolute Gasteiger partial charge is 0.271 e. The van der Waals surface area contributed by atoms with Gasteiger partial charge in [0, 0.05) is 109 Å². The standard InChI is InChI=1S/2C19H26ClN5O.C2H6/c1-13(11-23(2)3)21-18-17-12-25(15-7-5-14(20)6-8-15)10-9-16(17)19(26)24(4)22-18;1-13(11-23(2)3)21-18-16-9-10-25(15-7-5-14(20)6-8-15)12-17(16)19(26)24(4)22-18;1-2/h2*5-8,13H,9-12H2,1-4H3,(H,21,22);1-2H3. The molecule has 2 atom stereocenters. The van der Waals surface area contributed by atoms with Crippen molar-refractivity contribution in [2.75, 3.05) is 74.8 Å². The number of halogens is 2. The minimum Gasteiger partial charge on any atom is -0.367 e. The van der Waals surface area contributed by atoms with Crippen LogP contribution in [0.2, 0.25) is 10.0 Å². The van der Waals surface area contributed by atoms with Gasteiger partial charge in [0.1, 0.15) is 0 Å². The van der Waals surface area contributed by atoms with Crippen LogP contribution in [0.1, 0.15) is 49.9 Å². The average molecular weight is 782 g/mol. The van der Waals surface area contributed by atoms with Crippen molar-refractivity contribution in [2.45, 2.75) is 65.7 Å². The zero-order valence-electron chi connectivity index (χ0n) is 33.6. The van der Waals surface area contributed by atoms with Gasteiger partial charge in [-0.2, -0.15) is 10.2 Å². The third-order valence-corrected chi connectivity index (χ3v) is 9.80. The minimum absolute atomic E-state index is 0.00145. The lowest BCUT2D eigenvalue weighted by Crippen LogP contribution is -2.39. The first-order valence-corrected chi connectivity index (χ1v) is 19.5. The lowest BCUT2D eigenvalue weighted by atomic mass is 10.0. The lowest BCUT2D eigenvalue weighted by molar-refractivity contribution is 0.391. The minimum atomic E-state index is -0.0236. The molecule has 2 N–H and O–H groups in total. The van der Waals surface area contributed by atoms with Crippen LogP contribution in [-0.4, -0.2) is 95.8 Å². The monoisotopic (exact) mass is 780 g/mol. The van der Waals surface area contributed by atoms with E-state index in [1.165, 1.54) is 9.36 Å². The molecule has 4 heterocycles. The summed E-state index contributed by atoms with van der Waals surface area (Å²) in [4.78, 5) is 34.0. The third-order valence-electron chi connectivity index (χ3n) is 9.29. The van der Waals surface area contributed by atoms with E-state index < -0.39 is 0 Å². The highest BCUT2D eigenvalue weighted by molar-refractivity contribution is 6.30. The Morgan fingerprint density at radius 2 is 1.00 bits per heavy atom. The Bertz CT molecular complexity index is 1950. The van der Waals surface area contributed by atoms with Crippen molar-refractivity contribution in [2.24, 2.45) is 14.1 Å². The van der Waals surface area contributed by atoms with Gasteiger partial charge in [-0.15, -0.1) is 0 Å². The van der Waals surface area contributed by atoms with Gasteiger partial charge in [0.25, 0.3) is 11.1 Å². The van der Waals surface area contributed by atoms with Crippen LogP contribution in [0.15, 0.2) is 58.1 Å². The molecular formula is C40H58Cl2N10O2. The van der Waals surface area contributed by atoms with E-state index in [2.05, 4.69) is 54.3 Å². The van der Waals surface area contributed by atoms with Crippen molar-refractivity contribution in [3.63, 3.8) is 0 Å². The predicted octanol–water partition coefficient (Wildman–Crippen LogP) is 5.74. The molecule has 2 unspecified atom stereocenters. The first-order chi connectivity index (χ1) is 25.7. The van der Waals surface area contributed by atoms with E-state index in [-0.39, 0.29) is 23.2 Å². The van der Waals surface area contributed by atoms with Gasteiger partial charge < -0.3 is 30.2 Å². The summed E-state index contributed by atoms with van der Waals surface area (Å²) >= 11 is 12.0. The first kappa shape index (κ1) is 42.6. The number of likely N-dealkylation sites (N-methyl/N-ethyl adjacent to an activating group) is 2. The summed E-state index contributed by atoms with van der Waals surface area (Å²) in [6.45, 7) is 12.9. The van der Waals surface area contributed by atoms with Crippen molar-refractivity contribution < 1.29 is 0 Å². The Labute approximate surface area is 330 Å². The highest BCUT2D eigenvalue weighted by Gasteiger charge is 2.26. The molecule has 2 aromatic heterocycles. The van der Waals surface area contributed by atoms with Crippen molar-refractivity contribution in [1.29, 1.82) is 0 Å². The van der Waals surface area contributed by atoms with Crippen LogP contribution < -0.4 is 31.6 Å². The maximum absolute atomic E-state index is 12.7. The zero-order valence-corrected chi connectivity index (χ0v) is 35.1. The summed E-state index contributed by atoms with van der Waals surface area (Å²) in [6.07, 6.45) is 1.50.